The Balaban J connectivity index is 1.66. The Hall–Kier alpha value is -4.65. The van der Waals surface area contributed by atoms with E-state index >= 15 is 0 Å². The molecule has 4 aromatic rings. The highest BCUT2D eigenvalue weighted by Crippen LogP contribution is 2.46. The molecule has 0 saturated heterocycles. The van der Waals surface area contributed by atoms with Gasteiger partial charge in [-0.3, -0.25) is 14.4 Å². The molecule has 0 unspecified atom stereocenters. The van der Waals surface area contributed by atoms with Crippen molar-refractivity contribution in [3.05, 3.63) is 101 Å². The van der Waals surface area contributed by atoms with Crippen molar-refractivity contribution < 1.29 is 29.0 Å². The first-order chi connectivity index (χ1) is 17.8. The van der Waals surface area contributed by atoms with Gasteiger partial charge in [-0.25, -0.2) is 4.90 Å². The Bertz CT molecular complexity index is 1510. The van der Waals surface area contributed by atoms with Crippen LogP contribution in [0.25, 0.3) is 10.8 Å². The fourth-order valence-electron chi connectivity index (χ4n) is 4.51. The van der Waals surface area contributed by atoms with E-state index in [4.69, 9.17) is 14.6 Å². The van der Waals surface area contributed by atoms with E-state index in [9.17, 15) is 14.4 Å². The van der Waals surface area contributed by atoms with Crippen molar-refractivity contribution in [2.24, 2.45) is 0 Å². The summed E-state index contributed by atoms with van der Waals surface area (Å²) < 4.78 is 12.4. The summed E-state index contributed by atoms with van der Waals surface area (Å²) in [4.78, 5) is 39.8. The van der Waals surface area contributed by atoms with Crippen LogP contribution in [0.1, 0.15) is 45.7 Å². The van der Waals surface area contributed by atoms with Crippen molar-refractivity contribution >= 4 is 34.2 Å². The van der Waals surface area contributed by atoms with E-state index in [-0.39, 0.29) is 30.3 Å². The summed E-state index contributed by atoms with van der Waals surface area (Å²) in [5, 5.41) is 10.4. The minimum absolute atomic E-state index is 0.155. The van der Waals surface area contributed by atoms with Gasteiger partial charge in [-0.2, -0.15) is 0 Å². The Kier molecular flexibility index (Phi) is 6.36. The van der Waals surface area contributed by atoms with Crippen LogP contribution >= 0.6 is 0 Å². The van der Waals surface area contributed by atoms with Gasteiger partial charge in [-0.05, 0) is 37.1 Å². The normalized spacial score (nSPS) is 12.8. The average molecular weight is 496 g/mol. The smallest absolute Gasteiger partial charge is 0.307 e. The van der Waals surface area contributed by atoms with Gasteiger partial charge in [0.2, 0.25) is 0 Å². The van der Waals surface area contributed by atoms with E-state index in [2.05, 4.69) is 0 Å². The third-order valence-electron chi connectivity index (χ3n) is 6.08. The number of amides is 2. The summed E-state index contributed by atoms with van der Waals surface area (Å²) in [6, 6.07) is 23.3. The molecule has 4 aromatic carbocycles. The second-order valence-electron chi connectivity index (χ2n) is 9.08. The Morgan fingerprint density at radius 1 is 0.784 bits per heavy atom. The van der Waals surface area contributed by atoms with Gasteiger partial charge in [0.05, 0.1) is 29.3 Å². The number of ether oxygens (including phenoxy) is 2. The molecule has 186 valence electrons. The SMILES string of the molecule is CC(C)Oc1c2c(c(OCc3ccccc3)c3ccccc13)C(=O)N(c1ccc(CC(=O)O)cc1)C2=O. The standard InChI is InChI=1S/C30H25NO6/c1-18(2)37-28-23-11-7-6-10-22(23)27(36-17-20-8-4-3-5-9-20)25-26(28)30(35)31(29(25)34)21-14-12-19(13-15-21)16-24(32)33/h3-15,18H,16-17H2,1-2H3,(H,32,33). The lowest BCUT2D eigenvalue weighted by Gasteiger charge is -2.19. The van der Waals surface area contributed by atoms with Crippen LogP contribution in [-0.4, -0.2) is 29.0 Å². The van der Waals surface area contributed by atoms with Crippen LogP contribution in [0.5, 0.6) is 11.5 Å². The van der Waals surface area contributed by atoms with E-state index in [1.165, 1.54) is 0 Å². The molecule has 0 aromatic heterocycles. The monoisotopic (exact) mass is 495 g/mol. The molecule has 0 radical (unpaired) electrons. The number of carbonyl (C=O) groups is 3. The summed E-state index contributed by atoms with van der Waals surface area (Å²) in [6.45, 7) is 3.94. The largest absolute Gasteiger partial charge is 0.489 e. The summed E-state index contributed by atoms with van der Waals surface area (Å²) >= 11 is 0. The molecule has 0 spiro atoms. The average Bonchev–Trinajstić information content (AvgIpc) is 3.14. The molecule has 5 rings (SSSR count). The predicted molar refractivity (Wildman–Crippen MR) is 139 cm³/mol. The first kappa shape index (κ1) is 24.1. The van der Waals surface area contributed by atoms with Crippen LogP contribution in [0, 0.1) is 0 Å². The summed E-state index contributed by atoms with van der Waals surface area (Å²) in [6.07, 6.45) is -0.395. The first-order valence-electron chi connectivity index (χ1n) is 12.0. The number of hydrogen-bond acceptors (Lipinski definition) is 5. The van der Waals surface area contributed by atoms with Gasteiger partial charge >= 0.3 is 5.97 Å². The number of fused-ring (bicyclic) bond motifs is 2. The molecule has 0 saturated carbocycles. The van der Waals surface area contributed by atoms with Gasteiger partial charge < -0.3 is 14.6 Å². The zero-order valence-corrected chi connectivity index (χ0v) is 20.4. The number of rotatable bonds is 8. The molecule has 1 aliphatic heterocycles. The number of carbonyl (C=O) groups excluding carboxylic acids is 2. The van der Waals surface area contributed by atoms with Crippen molar-refractivity contribution in [3.8, 4) is 11.5 Å². The lowest BCUT2D eigenvalue weighted by Crippen LogP contribution is -2.29. The van der Waals surface area contributed by atoms with Gasteiger partial charge in [-0.15, -0.1) is 0 Å². The number of anilines is 1. The zero-order valence-electron chi connectivity index (χ0n) is 20.4. The van der Waals surface area contributed by atoms with Crippen LogP contribution in [0.4, 0.5) is 5.69 Å². The van der Waals surface area contributed by atoms with Crippen LogP contribution in [0.15, 0.2) is 78.9 Å². The molecule has 2 amide bonds. The molecule has 0 fully saturated rings. The van der Waals surface area contributed by atoms with Gasteiger partial charge in [0.15, 0.2) is 0 Å². The minimum atomic E-state index is -0.962. The second-order valence-corrected chi connectivity index (χ2v) is 9.08. The van der Waals surface area contributed by atoms with Crippen molar-refractivity contribution in [3.63, 3.8) is 0 Å². The molecule has 1 N–H and O–H groups in total. The number of imide groups is 1. The molecule has 1 aliphatic rings. The molecule has 7 heteroatoms. The van der Waals surface area contributed by atoms with E-state index in [0.717, 1.165) is 10.5 Å². The van der Waals surface area contributed by atoms with Crippen molar-refractivity contribution in [2.75, 3.05) is 4.90 Å². The lowest BCUT2D eigenvalue weighted by atomic mass is 9.98. The molecule has 1 heterocycles. The fourth-order valence-corrected chi connectivity index (χ4v) is 4.51. The minimum Gasteiger partial charge on any atom is -0.489 e. The summed E-state index contributed by atoms with van der Waals surface area (Å²) in [5.74, 6) is -1.33. The number of aliphatic carboxylic acids is 1. The number of carboxylic acid groups (broad SMARTS) is 1. The van der Waals surface area contributed by atoms with E-state index in [1.807, 2.05) is 68.4 Å². The number of carboxylic acids is 1. The van der Waals surface area contributed by atoms with Gasteiger partial charge in [-0.1, -0.05) is 66.7 Å². The van der Waals surface area contributed by atoms with Crippen LogP contribution < -0.4 is 14.4 Å². The highest BCUT2D eigenvalue weighted by Gasteiger charge is 2.43. The Morgan fingerprint density at radius 2 is 1.35 bits per heavy atom. The number of hydrogen-bond donors (Lipinski definition) is 1. The third kappa shape index (κ3) is 4.51. The summed E-state index contributed by atoms with van der Waals surface area (Å²) in [7, 11) is 0. The molecule has 0 aliphatic carbocycles. The highest BCUT2D eigenvalue weighted by molar-refractivity contribution is 6.38. The quantitative estimate of drug-likeness (QED) is 0.318. The third-order valence-corrected chi connectivity index (χ3v) is 6.08. The maximum absolute atomic E-state index is 13.9. The van der Waals surface area contributed by atoms with Crippen LogP contribution in [0.2, 0.25) is 0 Å². The fraction of sp³-hybridized carbons (Fsp3) is 0.167. The molecular weight excluding hydrogens is 470 g/mol. The molecular formula is C30H25NO6. The second kappa shape index (κ2) is 9.78. The maximum atomic E-state index is 13.9. The molecule has 0 atom stereocenters. The zero-order chi connectivity index (χ0) is 26.1. The van der Waals surface area contributed by atoms with E-state index < -0.39 is 17.8 Å². The Morgan fingerprint density at radius 3 is 1.95 bits per heavy atom. The van der Waals surface area contributed by atoms with Crippen LogP contribution in [0.3, 0.4) is 0 Å². The highest BCUT2D eigenvalue weighted by atomic mass is 16.5. The van der Waals surface area contributed by atoms with E-state index in [0.29, 0.717) is 33.5 Å². The molecule has 7 nitrogen and oxygen atoms in total. The van der Waals surface area contributed by atoms with Gasteiger partial charge in [0.25, 0.3) is 11.8 Å². The molecule has 37 heavy (non-hydrogen) atoms. The molecule has 0 bridgehead atoms. The predicted octanol–water partition coefficient (Wildman–Crippen LogP) is 5.63. The first-order valence-corrected chi connectivity index (χ1v) is 12.0. The topological polar surface area (TPSA) is 93.1 Å². The van der Waals surface area contributed by atoms with Crippen molar-refractivity contribution in [1.82, 2.24) is 0 Å². The van der Waals surface area contributed by atoms with E-state index in [1.54, 1.807) is 24.3 Å². The Labute approximate surface area is 213 Å². The van der Waals surface area contributed by atoms with Gasteiger partial charge in [0.1, 0.15) is 18.1 Å². The van der Waals surface area contributed by atoms with Crippen molar-refractivity contribution in [1.29, 1.82) is 0 Å². The van der Waals surface area contributed by atoms with Crippen LogP contribution in [-0.2, 0) is 17.8 Å². The van der Waals surface area contributed by atoms with Gasteiger partial charge in [0, 0.05) is 10.8 Å². The number of benzene rings is 4. The number of nitrogens with zero attached hydrogens (tertiary/aromatic N) is 1. The summed E-state index contributed by atoms with van der Waals surface area (Å²) in [5.41, 5.74) is 2.15. The van der Waals surface area contributed by atoms with Crippen molar-refractivity contribution in [2.45, 2.75) is 33.0 Å². The lowest BCUT2D eigenvalue weighted by molar-refractivity contribution is -0.136. The maximum Gasteiger partial charge on any atom is 0.307 e.